The van der Waals surface area contributed by atoms with Gasteiger partial charge in [0.1, 0.15) is 5.75 Å². The van der Waals surface area contributed by atoms with Crippen molar-refractivity contribution in [2.75, 3.05) is 11.9 Å². The monoisotopic (exact) mass is 455 g/mol. The van der Waals surface area contributed by atoms with Crippen molar-refractivity contribution in [2.45, 2.75) is 47.1 Å². The van der Waals surface area contributed by atoms with Gasteiger partial charge in [-0.05, 0) is 80.6 Å². The number of amides is 1. The van der Waals surface area contributed by atoms with E-state index in [0.29, 0.717) is 18.6 Å². The van der Waals surface area contributed by atoms with Crippen LogP contribution in [0.3, 0.4) is 0 Å². The van der Waals surface area contributed by atoms with E-state index in [1.807, 2.05) is 32.0 Å². The fraction of sp³-hybridized carbons (Fsp3) is 0.310. The van der Waals surface area contributed by atoms with Crippen molar-refractivity contribution in [3.8, 4) is 11.8 Å². The molecule has 34 heavy (non-hydrogen) atoms. The van der Waals surface area contributed by atoms with Crippen LogP contribution in [0.4, 0.5) is 5.69 Å². The number of anilines is 1. The van der Waals surface area contributed by atoms with Crippen molar-refractivity contribution in [1.29, 1.82) is 5.26 Å². The second-order valence-electron chi connectivity index (χ2n) is 9.03. The molecular weight excluding hydrogens is 422 g/mol. The highest BCUT2D eigenvalue weighted by Gasteiger charge is 2.13. The lowest BCUT2D eigenvalue weighted by atomic mass is 10.0. The molecule has 0 aliphatic heterocycles. The molecule has 1 unspecified atom stereocenters. The van der Waals surface area contributed by atoms with Crippen molar-refractivity contribution >= 4 is 33.4 Å². The minimum atomic E-state index is 0. The Balaban J connectivity index is 0.00000342. The molecule has 0 aliphatic rings. The zero-order chi connectivity index (χ0) is 24.2. The molecule has 0 fully saturated rings. The number of rotatable bonds is 8. The summed E-state index contributed by atoms with van der Waals surface area (Å²) in [7, 11) is 0. The maximum absolute atomic E-state index is 12.7. The Morgan fingerprint density at radius 1 is 1.09 bits per heavy atom. The second kappa shape index (κ2) is 10.0. The molecule has 0 saturated heterocycles. The molecule has 5 heteroatoms. The van der Waals surface area contributed by atoms with Gasteiger partial charge in [0.25, 0.3) is 0 Å². The number of ether oxygens (including phenoxy) is 1. The summed E-state index contributed by atoms with van der Waals surface area (Å²) in [6.45, 7) is 9.48. The van der Waals surface area contributed by atoms with Gasteiger partial charge in [-0.3, -0.25) is 4.79 Å². The van der Waals surface area contributed by atoms with Crippen molar-refractivity contribution < 1.29 is 11.0 Å². The summed E-state index contributed by atoms with van der Waals surface area (Å²) >= 11 is 0. The summed E-state index contributed by atoms with van der Waals surface area (Å²) in [5, 5.41) is 14.6. The third-order valence-electron chi connectivity index (χ3n) is 6.40. The Labute approximate surface area is 202 Å². The highest BCUT2D eigenvalue weighted by Crippen LogP contribution is 2.31. The van der Waals surface area contributed by atoms with Crippen molar-refractivity contribution in [2.24, 2.45) is 5.92 Å². The first kappa shape index (κ1) is 23.4. The molecule has 0 bridgehead atoms. The van der Waals surface area contributed by atoms with Gasteiger partial charge < -0.3 is 14.6 Å². The molecule has 0 spiro atoms. The van der Waals surface area contributed by atoms with E-state index in [1.165, 1.54) is 16.4 Å². The summed E-state index contributed by atoms with van der Waals surface area (Å²) in [5.74, 6) is 0.965. The summed E-state index contributed by atoms with van der Waals surface area (Å²) in [4.78, 5) is 12.7. The number of carbonyl (C=O) groups is 1. The van der Waals surface area contributed by atoms with Crippen LogP contribution in [-0.4, -0.2) is 17.1 Å². The number of para-hydroxylation sites is 1. The Bertz CT molecular complexity index is 1380. The van der Waals surface area contributed by atoms with E-state index >= 15 is 0 Å². The zero-order valence-corrected chi connectivity index (χ0v) is 20.3. The average molecular weight is 456 g/mol. The predicted octanol–water partition coefficient (Wildman–Crippen LogP) is 6.98. The van der Waals surface area contributed by atoms with E-state index in [0.717, 1.165) is 40.9 Å². The number of aryl methyl sites for hydroxylation is 3. The SMILES string of the molecule is CCn1c2ccccc2c2cc(NC(=O)CC(C)CCOc3cc(C)c(C#N)c(C)c3)ccc21.[HH]. The lowest BCUT2D eigenvalue weighted by Crippen LogP contribution is -2.16. The van der Waals surface area contributed by atoms with Gasteiger partial charge in [-0.2, -0.15) is 5.26 Å². The maximum atomic E-state index is 12.7. The first-order valence-electron chi connectivity index (χ1n) is 11.9. The molecule has 4 aromatic rings. The lowest BCUT2D eigenvalue weighted by molar-refractivity contribution is -0.117. The Morgan fingerprint density at radius 3 is 2.50 bits per heavy atom. The van der Waals surface area contributed by atoms with Crippen molar-refractivity contribution in [1.82, 2.24) is 4.57 Å². The summed E-state index contributed by atoms with van der Waals surface area (Å²) in [5.41, 5.74) is 5.76. The van der Waals surface area contributed by atoms with E-state index in [9.17, 15) is 10.1 Å². The molecule has 1 heterocycles. The summed E-state index contributed by atoms with van der Waals surface area (Å²) in [6.07, 6.45) is 1.21. The predicted molar refractivity (Wildman–Crippen MR) is 140 cm³/mol. The normalized spacial score (nSPS) is 12.0. The van der Waals surface area contributed by atoms with E-state index < -0.39 is 0 Å². The number of carbonyl (C=O) groups excluding carboxylic acids is 1. The van der Waals surface area contributed by atoms with Gasteiger partial charge in [-0.15, -0.1) is 0 Å². The molecule has 1 amide bonds. The smallest absolute Gasteiger partial charge is 0.224 e. The van der Waals surface area contributed by atoms with Crippen LogP contribution in [0.25, 0.3) is 21.8 Å². The Kier molecular flexibility index (Phi) is 6.88. The van der Waals surface area contributed by atoms with Crippen LogP contribution in [-0.2, 0) is 11.3 Å². The molecular formula is C29H33N3O2. The largest absolute Gasteiger partial charge is 0.494 e. The van der Waals surface area contributed by atoms with Crippen LogP contribution in [0, 0.1) is 31.1 Å². The molecule has 0 aliphatic carbocycles. The number of fused-ring (bicyclic) bond motifs is 3. The van der Waals surface area contributed by atoms with Gasteiger partial charge in [0.05, 0.1) is 18.2 Å². The number of nitrogens with one attached hydrogen (secondary N) is 1. The molecule has 1 N–H and O–H groups in total. The second-order valence-corrected chi connectivity index (χ2v) is 9.03. The van der Waals surface area contributed by atoms with Gasteiger partial charge in [-0.1, -0.05) is 25.1 Å². The number of nitriles is 1. The van der Waals surface area contributed by atoms with Crippen molar-refractivity contribution in [3.05, 3.63) is 71.3 Å². The minimum absolute atomic E-state index is 0. The lowest BCUT2D eigenvalue weighted by Gasteiger charge is -2.14. The molecule has 3 aromatic carbocycles. The highest BCUT2D eigenvalue weighted by atomic mass is 16.5. The number of aromatic nitrogens is 1. The number of hydrogen-bond donors (Lipinski definition) is 1. The molecule has 1 aromatic heterocycles. The topological polar surface area (TPSA) is 67.1 Å². The van der Waals surface area contributed by atoms with E-state index in [-0.39, 0.29) is 13.3 Å². The van der Waals surface area contributed by atoms with Gasteiger partial charge in [0, 0.05) is 41.9 Å². The van der Waals surface area contributed by atoms with Gasteiger partial charge in [-0.25, -0.2) is 0 Å². The zero-order valence-electron chi connectivity index (χ0n) is 20.3. The molecule has 4 rings (SSSR count). The van der Waals surface area contributed by atoms with Crippen LogP contribution < -0.4 is 10.1 Å². The van der Waals surface area contributed by atoms with Crippen LogP contribution >= 0.6 is 0 Å². The first-order valence-corrected chi connectivity index (χ1v) is 11.9. The fourth-order valence-electron chi connectivity index (χ4n) is 4.66. The number of benzene rings is 3. The third kappa shape index (κ3) is 4.77. The van der Waals surface area contributed by atoms with Crippen LogP contribution in [0.2, 0.25) is 0 Å². The number of nitrogens with zero attached hydrogens (tertiary/aromatic N) is 2. The highest BCUT2D eigenvalue weighted by molar-refractivity contribution is 6.09. The number of hydrogen-bond acceptors (Lipinski definition) is 3. The van der Waals surface area contributed by atoms with Crippen LogP contribution in [0.1, 0.15) is 44.8 Å². The quantitative estimate of drug-likeness (QED) is 0.311. The Hall–Kier alpha value is -3.78. The average Bonchev–Trinajstić information content (AvgIpc) is 3.12. The summed E-state index contributed by atoms with van der Waals surface area (Å²) < 4.78 is 8.20. The van der Waals surface area contributed by atoms with E-state index in [4.69, 9.17) is 4.74 Å². The summed E-state index contributed by atoms with van der Waals surface area (Å²) in [6, 6.07) is 20.6. The van der Waals surface area contributed by atoms with Crippen LogP contribution in [0.15, 0.2) is 54.6 Å². The van der Waals surface area contributed by atoms with E-state index in [2.05, 4.69) is 66.2 Å². The van der Waals surface area contributed by atoms with Gasteiger partial charge in [0.2, 0.25) is 5.91 Å². The molecule has 0 radical (unpaired) electrons. The maximum Gasteiger partial charge on any atom is 0.224 e. The van der Waals surface area contributed by atoms with Gasteiger partial charge in [0.15, 0.2) is 0 Å². The molecule has 1 atom stereocenters. The van der Waals surface area contributed by atoms with E-state index in [1.54, 1.807) is 0 Å². The first-order chi connectivity index (χ1) is 16.4. The van der Waals surface area contributed by atoms with Crippen molar-refractivity contribution in [3.63, 3.8) is 0 Å². The Morgan fingerprint density at radius 2 is 1.79 bits per heavy atom. The third-order valence-corrected chi connectivity index (χ3v) is 6.40. The standard InChI is InChI=1S/C29H31N3O2.H2/c1-5-32-27-9-7-6-8-24(27)25-17-22(10-11-28(25)32)31-29(33)14-19(2)12-13-34-23-15-20(3)26(18-30)21(4)16-23;/h6-11,15-17,19H,5,12-14H2,1-4H3,(H,31,33);1H. The van der Waals surface area contributed by atoms with Crippen LogP contribution in [0.5, 0.6) is 5.75 Å². The van der Waals surface area contributed by atoms with Gasteiger partial charge >= 0.3 is 0 Å². The fourth-order valence-corrected chi connectivity index (χ4v) is 4.66. The molecule has 5 nitrogen and oxygen atoms in total. The minimum Gasteiger partial charge on any atom is -0.494 e. The molecule has 0 saturated carbocycles. The molecule has 176 valence electrons.